The van der Waals surface area contributed by atoms with Crippen molar-refractivity contribution in [3.05, 3.63) is 0 Å². The van der Waals surface area contributed by atoms with Gasteiger partial charge in [-0.05, 0) is 25.9 Å². The van der Waals surface area contributed by atoms with E-state index < -0.39 is 0 Å². The molecule has 0 spiro atoms. The zero-order valence-corrected chi connectivity index (χ0v) is 17.8. The first kappa shape index (κ1) is 23.0. The molecule has 0 saturated carbocycles. The topological polar surface area (TPSA) is 103 Å². The Morgan fingerprint density at radius 2 is 1.32 bits per heavy atom. The van der Waals surface area contributed by atoms with Gasteiger partial charge in [-0.3, -0.25) is 10.2 Å². The van der Waals surface area contributed by atoms with E-state index in [-0.39, 0.29) is 41.3 Å². The Hall–Kier alpha value is -1.32. The Kier molecular flexibility index (Phi) is 12.8. The number of nitrogens with zero attached hydrogens (tertiary/aromatic N) is 5. The SMILES string of the molecule is CNC([S-])=NN=C(C)C(C)=NNC([S-])=N/N=C(\C)C(C)=O.[Zn+2]. The van der Waals surface area contributed by atoms with Crippen molar-refractivity contribution in [3.63, 3.8) is 0 Å². The maximum atomic E-state index is 10.9. The number of hydrogen-bond donors (Lipinski definition) is 2. The number of carbonyl (C=O) groups excluding carboxylic acids is 1. The second-order valence-corrected chi connectivity index (χ2v) is 4.57. The van der Waals surface area contributed by atoms with Crippen molar-refractivity contribution in [2.75, 3.05) is 7.05 Å². The molecule has 0 rings (SSSR count). The smallest absolute Gasteiger partial charge is 0.741 e. The van der Waals surface area contributed by atoms with Crippen LogP contribution in [0.3, 0.4) is 0 Å². The van der Waals surface area contributed by atoms with Gasteiger partial charge in [-0.2, -0.15) is 25.5 Å². The molecule has 0 aromatic heterocycles. The molecule has 2 N–H and O–H groups in total. The summed E-state index contributed by atoms with van der Waals surface area (Å²) in [6.45, 7) is 6.38. The number of hydrogen-bond acceptors (Lipinski definition) is 8. The van der Waals surface area contributed by atoms with E-state index in [0.717, 1.165) is 0 Å². The van der Waals surface area contributed by atoms with Crippen molar-refractivity contribution in [2.45, 2.75) is 27.7 Å². The fraction of sp³-hybridized carbons (Fsp3) is 0.455. The number of Topliss-reactive ketones (excluding diaryl/α,β-unsaturated/α-hetero) is 1. The molecule has 0 aliphatic heterocycles. The van der Waals surface area contributed by atoms with Crippen LogP contribution < -0.4 is 10.7 Å². The summed E-state index contributed by atoms with van der Waals surface area (Å²) in [5.74, 6) is -0.175. The molecule has 0 aromatic rings. The Bertz CT molecular complexity index is 541. The monoisotopic (exact) mass is 391 g/mol. The standard InChI is InChI=1S/C11H19N7OS2.Zn/c1-6(13-16-10(20)12-5)7(2)14-17-11(21)18-15-8(3)9(4)19;/h1-5H3,(H2,12,16,20)(H2,17,18,21);/q;+2/p-2/b13-6?,14-7?,15-8+;. The molecule has 0 saturated heterocycles. The Balaban J connectivity index is 0. The Morgan fingerprint density at radius 3 is 1.82 bits per heavy atom. The average Bonchev–Trinajstić information content (AvgIpc) is 2.46. The Morgan fingerprint density at radius 1 is 0.818 bits per heavy atom. The summed E-state index contributed by atoms with van der Waals surface area (Å²) in [5.41, 5.74) is 3.90. The molecule has 8 nitrogen and oxygen atoms in total. The predicted molar refractivity (Wildman–Crippen MR) is 91.8 cm³/mol. The molecule has 0 unspecified atom stereocenters. The zero-order chi connectivity index (χ0) is 16.4. The molecule has 0 amide bonds. The van der Waals surface area contributed by atoms with Gasteiger partial charge in [-0.1, -0.05) is 0 Å². The number of hydrazone groups is 1. The molecular weight excluding hydrogens is 376 g/mol. The molecule has 0 radical (unpaired) electrons. The molecule has 116 valence electrons. The van der Waals surface area contributed by atoms with Gasteiger partial charge in [0.15, 0.2) is 5.78 Å². The summed E-state index contributed by atoms with van der Waals surface area (Å²) in [7, 11) is 1.66. The molecular formula is C11H17N7OS2Zn. The van der Waals surface area contributed by atoms with E-state index in [0.29, 0.717) is 11.4 Å². The first-order valence-electron chi connectivity index (χ1n) is 5.85. The summed E-state index contributed by atoms with van der Waals surface area (Å²) in [6.07, 6.45) is 0. The number of nitrogens with one attached hydrogen (secondary N) is 2. The molecule has 0 fully saturated rings. The number of ketones is 1. The van der Waals surface area contributed by atoms with Crippen molar-refractivity contribution in [2.24, 2.45) is 25.5 Å². The van der Waals surface area contributed by atoms with E-state index in [4.69, 9.17) is 25.3 Å². The van der Waals surface area contributed by atoms with Gasteiger partial charge in [0.2, 0.25) is 0 Å². The van der Waals surface area contributed by atoms with Crippen LogP contribution in [-0.2, 0) is 49.5 Å². The van der Waals surface area contributed by atoms with Crippen molar-refractivity contribution in [1.29, 1.82) is 0 Å². The van der Waals surface area contributed by atoms with Crippen molar-refractivity contribution < 1.29 is 24.3 Å². The van der Waals surface area contributed by atoms with Crippen molar-refractivity contribution in [3.8, 4) is 0 Å². The van der Waals surface area contributed by atoms with Crippen LogP contribution in [-0.4, -0.2) is 40.3 Å². The van der Waals surface area contributed by atoms with Gasteiger partial charge in [-0.15, -0.1) is 0 Å². The van der Waals surface area contributed by atoms with Crippen LogP contribution >= 0.6 is 0 Å². The van der Waals surface area contributed by atoms with Crippen molar-refractivity contribution >= 4 is 58.5 Å². The van der Waals surface area contributed by atoms with Gasteiger partial charge in [0.1, 0.15) is 5.71 Å². The number of amidine groups is 2. The first-order valence-corrected chi connectivity index (χ1v) is 6.67. The van der Waals surface area contributed by atoms with Gasteiger partial charge in [-0.25, -0.2) is 0 Å². The summed E-state index contributed by atoms with van der Waals surface area (Å²) in [6, 6.07) is 0. The van der Waals surface area contributed by atoms with Gasteiger partial charge < -0.3 is 30.6 Å². The molecule has 0 aliphatic rings. The van der Waals surface area contributed by atoms with E-state index in [1.54, 1.807) is 27.8 Å². The third-order valence-corrected chi connectivity index (χ3v) is 2.61. The third kappa shape index (κ3) is 10.4. The molecule has 0 atom stereocenters. The van der Waals surface area contributed by atoms with Crippen LogP contribution in [0.1, 0.15) is 27.7 Å². The van der Waals surface area contributed by atoms with E-state index in [1.165, 1.54) is 6.92 Å². The Labute approximate surface area is 153 Å². The summed E-state index contributed by atoms with van der Waals surface area (Å²) in [4.78, 5) is 10.9. The largest absolute Gasteiger partial charge is 2.00 e. The van der Waals surface area contributed by atoms with Crippen LogP contribution in [0.4, 0.5) is 0 Å². The maximum Gasteiger partial charge on any atom is 2.00 e. The van der Waals surface area contributed by atoms with Crippen LogP contribution in [0.25, 0.3) is 0 Å². The molecule has 11 heteroatoms. The second kappa shape index (κ2) is 12.2. The number of rotatable bonds is 5. The van der Waals surface area contributed by atoms with Gasteiger partial charge in [0.05, 0.1) is 11.4 Å². The molecule has 0 aliphatic carbocycles. The summed E-state index contributed by atoms with van der Waals surface area (Å²) >= 11 is 9.72. The van der Waals surface area contributed by atoms with Gasteiger partial charge in [0.25, 0.3) is 0 Å². The summed E-state index contributed by atoms with van der Waals surface area (Å²) < 4.78 is 0. The van der Waals surface area contributed by atoms with E-state index in [2.05, 4.69) is 36.2 Å². The average molecular weight is 393 g/mol. The molecule has 0 heterocycles. The van der Waals surface area contributed by atoms with Gasteiger partial charge >= 0.3 is 19.5 Å². The minimum Gasteiger partial charge on any atom is -0.741 e. The summed E-state index contributed by atoms with van der Waals surface area (Å²) in [5, 5.41) is 21.9. The minimum atomic E-state index is -0.175. The van der Waals surface area contributed by atoms with Crippen LogP contribution in [0.15, 0.2) is 25.5 Å². The van der Waals surface area contributed by atoms with E-state index in [1.807, 2.05) is 0 Å². The fourth-order valence-corrected chi connectivity index (χ4v) is 0.796. The van der Waals surface area contributed by atoms with E-state index in [9.17, 15) is 4.79 Å². The zero-order valence-electron chi connectivity index (χ0n) is 13.2. The maximum absolute atomic E-state index is 10.9. The molecule has 0 aromatic carbocycles. The second-order valence-electron chi connectivity index (χ2n) is 3.80. The van der Waals surface area contributed by atoms with Crippen LogP contribution in [0, 0.1) is 0 Å². The van der Waals surface area contributed by atoms with Crippen LogP contribution in [0.5, 0.6) is 0 Å². The fourth-order valence-electron chi connectivity index (χ4n) is 0.669. The van der Waals surface area contributed by atoms with E-state index >= 15 is 0 Å². The minimum absolute atomic E-state index is 0. The quantitative estimate of drug-likeness (QED) is 0.230. The first-order chi connectivity index (χ1) is 9.77. The molecule has 22 heavy (non-hydrogen) atoms. The molecule has 0 bridgehead atoms. The third-order valence-electron chi connectivity index (χ3n) is 2.15. The van der Waals surface area contributed by atoms with Crippen LogP contribution in [0.2, 0.25) is 0 Å². The normalized spacial score (nSPS) is 14.3. The van der Waals surface area contributed by atoms with Crippen molar-refractivity contribution in [1.82, 2.24) is 10.7 Å². The van der Waals surface area contributed by atoms with Gasteiger partial charge in [0, 0.05) is 19.1 Å². The predicted octanol–water partition coefficient (Wildman–Crippen LogP) is 0.315. The number of carbonyl (C=O) groups is 1.